The van der Waals surface area contributed by atoms with Gasteiger partial charge >= 0.3 is 0 Å². The minimum Gasteiger partial charge on any atom is -0.495 e. The first-order chi connectivity index (χ1) is 17.4. The molecule has 0 radical (unpaired) electrons. The summed E-state index contributed by atoms with van der Waals surface area (Å²) in [6.45, 7) is 7.20. The maximum atomic E-state index is 12.6. The van der Waals surface area contributed by atoms with E-state index in [1.54, 1.807) is 42.5 Å². The van der Waals surface area contributed by atoms with E-state index in [9.17, 15) is 13.2 Å². The van der Waals surface area contributed by atoms with Gasteiger partial charge < -0.3 is 14.8 Å². The van der Waals surface area contributed by atoms with Gasteiger partial charge in [-0.15, -0.1) is 0 Å². The molecule has 0 heterocycles. The van der Waals surface area contributed by atoms with Crippen molar-refractivity contribution in [2.24, 2.45) is 0 Å². The second kappa shape index (κ2) is 11.9. The molecule has 3 aromatic rings. The van der Waals surface area contributed by atoms with Crippen LogP contribution in [-0.4, -0.2) is 40.8 Å². The molecule has 0 fully saturated rings. The summed E-state index contributed by atoms with van der Waals surface area (Å²) in [6.07, 6.45) is 1.12. The summed E-state index contributed by atoms with van der Waals surface area (Å²) >= 11 is 6.11. The van der Waals surface area contributed by atoms with Crippen molar-refractivity contribution in [3.63, 3.8) is 0 Å². The van der Waals surface area contributed by atoms with Crippen LogP contribution in [0.1, 0.15) is 42.3 Å². The van der Waals surface area contributed by atoms with Crippen LogP contribution in [-0.2, 0) is 22.0 Å². The van der Waals surface area contributed by atoms with Crippen LogP contribution in [0.15, 0.2) is 66.7 Å². The van der Waals surface area contributed by atoms with Crippen LogP contribution >= 0.6 is 11.6 Å². The molecule has 1 amide bonds. The van der Waals surface area contributed by atoms with Crippen LogP contribution in [0.2, 0.25) is 5.02 Å². The fourth-order valence-corrected chi connectivity index (χ4v) is 4.70. The Labute approximate surface area is 224 Å². The number of rotatable bonds is 10. The fourth-order valence-electron chi connectivity index (χ4n) is 3.65. The predicted octanol–water partition coefficient (Wildman–Crippen LogP) is 5.42. The van der Waals surface area contributed by atoms with Gasteiger partial charge in [-0.05, 0) is 59.0 Å². The molecule has 0 bridgehead atoms. The van der Waals surface area contributed by atoms with Crippen LogP contribution in [0.25, 0.3) is 0 Å². The summed E-state index contributed by atoms with van der Waals surface area (Å²) in [4.78, 5) is 12.5. The third-order valence-corrected chi connectivity index (χ3v) is 7.09. The number of sulfonamides is 1. The smallest absolute Gasteiger partial charge is 0.251 e. The molecule has 0 aliphatic carbocycles. The highest BCUT2D eigenvalue weighted by Gasteiger charge is 2.22. The number of benzene rings is 3. The van der Waals surface area contributed by atoms with Crippen LogP contribution < -0.4 is 19.1 Å². The topological polar surface area (TPSA) is 84.9 Å². The van der Waals surface area contributed by atoms with E-state index >= 15 is 0 Å². The first kappa shape index (κ1) is 28.3. The molecular formula is C28H33ClN2O5S. The molecule has 3 aromatic carbocycles. The van der Waals surface area contributed by atoms with Crippen molar-refractivity contribution in [1.82, 2.24) is 5.32 Å². The maximum Gasteiger partial charge on any atom is 0.251 e. The molecule has 0 aromatic heterocycles. The molecule has 3 rings (SSSR count). The van der Waals surface area contributed by atoms with Gasteiger partial charge in [0.2, 0.25) is 10.0 Å². The van der Waals surface area contributed by atoms with Gasteiger partial charge in [-0.1, -0.05) is 56.6 Å². The standard InChI is InChI=1S/C28H33ClN2O5S/c1-28(2,3)22-10-13-24(14-11-22)36-17-16-30-27(32)21-8-6-20(7-9-21)19-31(37(5,33)34)25-18-23(29)12-15-26(25)35-4/h6-15,18H,16-17,19H2,1-5H3,(H,30,32). The van der Waals surface area contributed by atoms with Crippen LogP contribution in [0.4, 0.5) is 5.69 Å². The number of amides is 1. The van der Waals surface area contributed by atoms with E-state index in [0.717, 1.165) is 12.0 Å². The molecule has 0 saturated heterocycles. The van der Waals surface area contributed by atoms with Crippen molar-refractivity contribution in [3.8, 4) is 11.5 Å². The van der Waals surface area contributed by atoms with Gasteiger partial charge in [0.15, 0.2) is 0 Å². The number of halogens is 1. The molecule has 0 saturated carbocycles. The molecule has 37 heavy (non-hydrogen) atoms. The number of anilines is 1. The summed E-state index contributed by atoms with van der Waals surface area (Å²) in [5.41, 5.74) is 2.80. The second-order valence-electron chi connectivity index (χ2n) is 9.66. The molecule has 9 heteroatoms. The normalized spacial score (nSPS) is 11.6. The Morgan fingerprint density at radius 1 is 1.00 bits per heavy atom. The number of ether oxygens (including phenoxy) is 2. The van der Waals surface area contributed by atoms with E-state index in [2.05, 4.69) is 26.1 Å². The van der Waals surface area contributed by atoms with Gasteiger partial charge in [0.05, 0.1) is 32.1 Å². The highest BCUT2D eigenvalue weighted by Crippen LogP contribution is 2.34. The minimum atomic E-state index is -3.64. The Kier molecular flexibility index (Phi) is 9.10. The van der Waals surface area contributed by atoms with Gasteiger partial charge in [0.25, 0.3) is 5.91 Å². The van der Waals surface area contributed by atoms with Gasteiger partial charge in [-0.25, -0.2) is 8.42 Å². The van der Waals surface area contributed by atoms with E-state index < -0.39 is 10.0 Å². The molecular weight excluding hydrogens is 512 g/mol. The summed E-state index contributed by atoms with van der Waals surface area (Å²) in [6, 6.07) is 19.5. The number of hydrogen-bond donors (Lipinski definition) is 1. The lowest BCUT2D eigenvalue weighted by Gasteiger charge is -2.24. The lowest BCUT2D eigenvalue weighted by Crippen LogP contribution is -2.30. The van der Waals surface area contributed by atoms with E-state index in [0.29, 0.717) is 40.7 Å². The Bertz CT molecular complexity index is 1320. The van der Waals surface area contributed by atoms with Crippen molar-refractivity contribution in [2.45, 2.75) is 32.7 Å². The molecule has 0 unspecified atom stereocenters. The molecule has 0 aliphatic rings. The van der Waals surface area contributed by atoms with Gasteiger partial charge in [0.1, 0.15) is 18.1 Å². The fraction of sp³-hybridized carbons (Fsp3) is 0.321. The van der Waals surface area contributed by atoms with Crippen LogP contribution in [0.5, 0.6) is 11.5 Å². The summed E-state index contributed by atoms with van der Waals surface area (Å²) in [5.74, 6) is 0.895. The van der Waals surface area contributed by atoms with Gasteiger partial charge in [-0.3, -0.25) is 9.10 Å². The summed E-state index contributed by atoms with van der Waals surface area (Å²) in [7, 11) is -2.17. The SMILES string of the molecule is COc1ccc(Cl)cc1N(Cc1ccc(C(=O)NCCOc2ccc(C(C)(C)C)cc2)cc1)S(C)(=O)=O. The second-order valence-corrected chi connectivity index (χ2v) is 12.0. The van der Waals surface area contributed by atoms with Crippen LogP contribution in [0, 0.1) is 0 Å². The Balaban J connectivity index is 1.58. The zero-order chi connectivity index (χ0) is 27.2. The van der Waals surface area contributed by atoms with E-state index in [4.69, 9.17) is 21.1 Å². The summed E-state index contributed by atoms with van der Waals surface area (Å²) in [5, 5.41) is 3.23. The Morgan fingerprint density at radius 3 is 2.22 bits per heavy atom. The van der Waals surface area contributed by atoms with Gasteiger partial charge in [0, 0.05) is 10.6 Å². The zero-order valence-corrected chi connectivity index (χ0v) is 23.3. The third-order valence-electron chi connectivity index (χ3n) is 5.73. The average molecular weight is 545 g/mol. The lowest BCUT2D eigenvalue weighted by atomic mass is 9.87. The first-order valence-corrected chi connectivity index (χ1v) is 14.0. The van der Waals surface area contributed by atoms with Crippen LogP contribution in [0.3, 0.4) is 0 Å². The highest BCUT2D eigenvalue weighted by molar-refractivity contribution is 7.92. The molecule has 0 spiro atoms. The first-order valence-electron chi connectivity index (χ1n) is 11.8. The highest BCUT2D eigenvalue weighted by atomic mass is 35.5. The van der Waals surface area contributed by atoms with E-state index in [1.165, 1.54) is 17.0 Å². The van der Waals surface area contributed by atoms with E-state index in [1.807, 2.05) is 24.3 Å². The summed E-state index contributed by atoms with van der Waals surface area (Å²) < 4.78 is 37.4. The minimum absolute atomic E-state index is 0.0548. The van der Waals surface area contributed by atoms with Gasteiger partial charge in [-0.2, -0.15) is 0 Å². The van der Waals surface area contributed by atoms with Crippen molar-refractivity contribution < 1.29 is 22.7 Å². The number of nitrogens with zero attached hydrogens (tertiary/aromatic N) is 1. The van der Waals surface area contributed by atoms with Crippen molar-refractivity contribution in [1.29, 1.82) is 0 Å². The maximum absolute atomic E-state index is 12.6. The lowest BCUT2D eigenvalue weighted by molar-refractivity contribution is 0.0947. The Hall–Kier alpha value is -3.23. The average Bonchev–Trinajstić information content (AvgIpc) is 2.84. The zero-order valence-electron chi connectivity index (χ0n) is 21.7. The molecule has 0 aliphatic heterocycles. The van der Waals surface area contributed by atoms with Crippen molar-refractivity contribution in [3.05, 3.63) is 88.4 Å². The van der Waals surface area contributed by atoms with Crippen molar-refractivity contribution in [2.75, 3.05) is 30.8 Å². The number of carbonyl (C=O) groups is 1. The third kappa shape index (κ3) is 7.87. The number of carbonyl (C=O) groups excluding carboxylic acids is 1. The molecule has 7 nitrogen and oxygen atoms in total. The molecule has 0 atom stereocenters. The quantitative estimate of drug-likeness (QED) is 0.344. The largest absolute Gasteiger partial charge is 0.495 e. The Morgan fingerprint density at radius 2 is 1.65 bits per heavy atom. The monoisotopic (exact) mass is 544 g/mol. The predicted molar refractivity (Wildman–Crippen MR) is 148 cm³/mol. The number of hydrogen-bond acceptors (Lipinski definition) is 5. The molecule has 1 N–H and O–H groups in total. The number of nitrogens with one attached hydrogen (secondary N) is 1. The number of methoxy groups -OCH3 is 1. The van der Waals surface area contributed by atoms with Crippen molar-refractivity contribution >= 4 is 33.2 Å². The van der Waals surface area contributed by atoms with E-state index in [-0.39, 0.29) is 17.9 Å². The molecule has 198 valence electrons.